The number of aromatic amines is 1. The molecule has 0 unspecified atom stereocenters. The average molecular weight is 278 g/mol. The van der Waals surface area contributed by atoms with Gasteiger partial charge in [-0.15, -0.1) is 4.99 Å². The number of hydrogen-bond acceptors (Lipinski definition) is 5. The minimum Gasteiger partial charge on any atom is -0.348 e. The van der Waals surface area contributed by atoms with Crippen molar-refractivity contribution in [2.24, 2.45) is 4.99 Å². The largest absolute Gasteiger partial charge is 0.348 e. The normalized spacial score (nSPS) is 17.5. The van der Waals surface area contributed by atoms with Crippen molar-refractivity contribution in [1.29, 1.82) is 5.26 Å². The molecule has 1 fully saturated rings. The third-order valence-electron chi connectivity index (χ3n) is 3.28. The number of hydrogen-bond donors (Lipinski definition) is 1. The van der Waals surface area contributed by atoms with Gasteiger partial charge in [-0.25, -0.2) is 4.98 Å². The van der Waals surface area contributed by atoms with Crippen LogP contribution in [0.3, 0.4) is 0 Å². The van der Waals surface area contributed by atoms with E-state index in [1.807, 2.05) is 19.4 Å². The maximum atomic E-state index is 8.65. The van der Waals surface area contributed by atoms with Crippen LogP contribution < -0.4 is 0 Å². The topological polar surface area (TPSA) is 71.3 Å². The summed E-state index contributed by atoms with van der Waals surface area (Å²) in [6, 6.07) is 0. The molecule has 1 saturated heterocycles. The van der Waals surface area contributed by atoms with Crippen LogP contribution in [0.25, 0.3) is 0 Å². The summed E-state index contributed by atoms with van der Waals surface area (Å²) in [4.78, 5) is 15.8. The molecule has 0 atom stereocenters. The Hall–Kier alpha value is -1.52. The van der Waals surface area contributed by atoms with Gasteiger partial charge in [0, 0.05) is 38.4 Å². The Labute approximate surface area is 117 Å². The van der Waals surface area contributed by atoms with Gasteiger partial charge in [0.05, 0.1) is 12.0 Å². The first-order chi connectivity index (χ1) is 9.24. The minimum absolute atomic E-state index is 0.818. The Balaban J connectivity index is 1.88. The van der Waals surface area contributed by atoms with Crippen molar-refractivity contribution in [3.8, 4) is 6.19 Å². The second-order valence-corrected chi connectivity index (χ2v) is 5.21. The molecule has 6 nitrogen and oxygen atoms in total. The van der Waals surface area contributed by atoms with Crippen molar-refractivity contribution in [1.82, 2.24) is 19.8 Å². The lowest BCUT2D eigenvalue weighted by Crippen LogP contribution is -2.47. The fourth-order valence-electron chi connectivity index (χ4n) is 2.14. The van der Waals surface area contributed by atoms with Gasteiger partial charge in [-0.3, -0.25) is 4.90 Å². The van der Waals surface area contributed by atoms with Crippen molar-refractivity contribution < 1.29 is 0 Å². The maximum absolute atomic E-state index is 8.65. The third-order valence-corrected chi connectivity index (χ3v) is 3.99. The number of thioether (sulfide) groups is 1. The Morgan fingerprint density at radius 1 is 1.53 bits per heavy atom. The Bertz CT molecular complexity index is 481. The van der Waals surface area contributed by atoms with Gasteiger partial charge >= 0.3 is 0 Å². The summed E-state index contributed by atoms with van der Waals surface area (Å²) < 4.78 is 0. The van der Waals surface area contributed by atoms with E-state index < -0.39 is 0 Å². The zero-order chi connectivity index (χ0) is 13.7. The molecular formula is C12H18N6S. The van der Waals surface area contributed by atoms with E-state index in [0.717, 1.165) is 49.3 Å². The van der Waals surface area contributed by atoms with Crippen LogP contribution >= 0.6 is 11.8 Å². The summed E-state index contributed by atoms with van der Waals surface area (Å²) in [7, 11) is 0. The number of amidine groups is 1. The highest BCUT2D eigenvalue weighted by molar-refractivity contribution is 8.13. The van der Waals surface area contributed by atoms with Gasteiger partial charge in [0.15, 0.2) is 5.17 Å². The van der Waals surface area contributed by atoms with Crippen molar-refractivity contribution in [2.75, 3.05) is 32.4 Å². The highest BCUT2D eigenvalue weighted by Crippen LogP contribution is 2.12. The smallest absolute Gasteiger partial charge is 0.208 e. The SMILES string of the molecule is CSC(=NC#N)N1CCN(Cc2nc[nH]c2C)CC1. The van der Waals surface area contributed by atoms with Crippen molar-refractivity contribution >= 4 is 16.9 Å². The monoisotopic (exact) mass is 278 g/mol. The maximum Gasteiger partial charge on any atom is 0.208 e. The quantitative estimate of drug-likeness (QED) is 0.497. The van der Waals surface area contributed by atoms with Crippen LogP contribution in [0, 0.1) is 18.4 Å². The Morgan fingerprint density at radius 3 is 2.79 bits per heavy atom. The van der Waals surface area contributed by atoms with E-state index in [1.165, 1.54) is 11.8 Å². The number of nitrogens with one attached hydrogen (secondary N) is 1. The van der Waals surface area contributed by atoms with Crippen LogP contribution in [-0.2, 0) is 6.54 Å². The second-order valence-electron chi connectivity index (χ2n) is 4.44. The van der Waals surface area contributed by atoms with Gasteiger partial charge in [0.2, 0.25) is 6.19 Å². The number of nitrogens with zero attached hydrogens (tertiary/aromatic N) is 5. The molecule has 2 heterocycles. The lowest BCUT2D eigenvalue weighted by molar-refractivity contribution is 0.175. The molecule has 0 saturated carbocycles. The van der Waals surface area contributed by atoms with Crippen LogP contribution in [0.15, 0.2) is 11.3 Å². The van der Waals surface area contributed by atoms with Gasteiger partial charge in [0.25, 0.3) is 0 Å². The molecule has 0 radical (unpaired) electrons. The number of nitriles is 1. The molecule has 1 aromatic heterocycles. The second kappa shape index (κ2) is 6.59. The number of piperazine rings is 1. The molecule has 1 aliphatic heterocycles. The molecule has 1 N–H and O–H groups in total. The number of aromatic nitrogens is 2. The number of rotatable bonds is 2. The molecule has 0 spiro atoms. The standard InChI is InChI=1S/C12H18N6S/c1-10-11(16-9-15-10)7-17-3-5-18(6-4-17)12(19-2)14-8-13/h9H,3-7H2,1-2H3,(H,15,16). The summed E-state index contributed by atoms with van der Waals surface area (Å²) in [5.41, 5.74) is 2.25. The molecule has 19 heavy (non-hydrogen) atoms. The van der Waals surface area contributed by atoms with Crippen LogP contribution in [0.4, 0.5) is 0 Å². The van der Waals surface area contributed by atoms with Gasteiger partial charge in [-0.05, 0) is 13.2 Å². The summed E-state index contributed by atoms with van der Waals surface area (Å²) in [5.74, 6) is 0. The van der Waals surface area contributed by atoms with E-state index >= 15 is 0 Å². The number of H-pyrrole nitrogens is 1. The predicted molar refractivity (Wildman–Crippen MR) is 76.7 cm³/mol. The fraction of sp³-hybridized carbons (Fsp3) is 0.583. The van der Waals surface area contributed by atoms with Crippen LogP contribution in [0.5, 0.6) is 0 Å². The van der Waals surface area contributed by atoms with Crippen molar-refractivity contribution in [3.05, 3.63) is 17.7 Å². The van der Waals surface area contributed by atoms with E-state index in [-0.39, 0.29) is 0 Å². The zero-order valence-corrected chi connectivity index (χ0v) is 12.1. The highest BCUT2D eigenvalue weighted by atomic mass is 32.2. The lowest BCUT2D eigenvalue weighted by atomic mass is 10.2. The number of imidazole rings is 1. The van der Waals surface area contributed by atoms with Gasteiger partial charge < -0.3 is 9.88 Å². The average Bonchev–Trinajstić information content (AvgIpc) is 2.83. The summed E-state index contributed by atoms with van der Waals surface area (Å²) in [6.45, 7) is 6.68. The molecular weight excluding hydrogens is 260 g/mol. The van der Waals surface area contributed by atoms with E-state index in [2.05, 4.69) is 24.8 Å². The van der Waals surface area contributed by atoms with Crippen molar-refractivity contribution in [2.45, 2.75) is 13.5 Å². The van der Waals surface area contributed by atoms with Gasteiger partial charge in [0.1, 0.15) is 0 Å². The van der Waals surface area contributed by atoms with Crippen molar-refractivity contribution in [3.63, 3.8) is 0 Å². The Morgan fingerprint density at radius 2 is 2.26 bits per heavy atom. The molecule has 7 heteroatoms. The first kappa shape index (κ1) is 13.9. The number of aryl methyl sites for hydroxylation is 1. The summed E-state index contributed by atoms with van der Waals surface area (Å²) in [5, 5.41) is 9.47. The van der Waals surface area contributed by atoms with E-state index in [4.69, 9.17) is 5.26 Å². The molecule has 0 aliphatic carbocycles. The highest BCUT2D eigenvalue weighted by Gasteiger charge is 2.20. The predicted octanol–water partition coefficient (Wildman–Crippen LogP) is 1.04. The van der Waals surface area contributed by atoms with Gasteiger partial charge in [-0.1, -0.05) is 11.8 Å². The summed E-state index contributed by atoms with van der Waals surface area (Å²) >= 11 is 1.53. The molecule has 0 aromatic carbocycles. The zero-order valence-electron chi connectivity index (χ0n) is 11.3. The molecule has 1 aliphatic rings. The van der Waals surface area contributed by atoms with E-state index in [9.17, 15) is 0 Å². The molecule has 1 aromatic rings. The first-order valence-corrected chi connectivity index (χ1v) is 7.44. The fourth-order valence-corrected chi connectivity index (χ4v) is 2.72. The van der Waals surface area contributed by atoms with Gasteiger partial charge in [-0.2, -0.15) is 5.26 Å². The van der Waals surface area contributed by atoms with Crippen LogP contribution in [-0.4, -0.2) is 57.4 Å². The minimum atomic E-state index is 0.818. The third kappa shape index (κ3) is 3.49. The molecule has 102 valence electrons. The first-order valence-electron chi connectivity index (χ1n) is 6.21. The lowest BCUT2D eigenvalue weighted by Gasteiger charge is -2.35. The van der Waals surface area contributed by atoms with Crippen LogP contribution in [0.2, 0.25) is 0 Å². The summed E-state index contributed by atoms with van der Waals surface area (Å²) in [6.07, 6.45) is 5.57. The molecule has 0 amide bonds. The van der Waals surface area contributed by atoms with E-state index in [1.54, 1.807) is 6.33 Å². The number of aliphatic imine (C=N–C) groups is 1. The molecule has 0 bridgehead atoms. The Kier molecular flexibility index (Phi) is 4.82. The van der Waals surface area contributed by atoms with Crippen LogP contribution in [0.1, 0.15) is 11.4 Å². The molecule has 2 rings (SSSR count). The van der Waals surface area contributed by atoms with E-state index in [0.29, 0.717) is 0 Å².